The van der Waals surface area contributed by atoms with Crippen LogP contribution in [0, 0.1) is 17.0 Å². The molecule has 1 N–H and O–H groups in total. The maximum atomic E-state index is 12.7. The maximum absolute atomic E-state index is 12.7. The van der Waals surface area contributed by atoms with Crippen LogP contribution in [0.3, 0.4) is 0 Å². The Morgan fingerprint density at radius 3 is 2.14 bits per heavy atom. The topological polar surface area (TPSA) is 80.9 Å². The predicted molar refractivity (Wildman–Crippen MR) is 72.8 cm³/mol. The Bertz CT molecular complexity index is 803. The molecule has 0 aliphatic carbocycles. The van der Waals surface area contributed by atoms with Crippen molar-refractivity contribution < 1.29 is 18.1 Å². The molecule has 0 aliphatic rings. The SMILES string of the molecule is Cc1c([N+](=O)[O-])c(=O)[nH]n1-c1c(Cl)cc(C(F)(F)F)cc1Cl. The zero-order valence-corrected chi connectivity index (χ0v) is 12.2. The van der Waals surface area contributed by atoms with E-state index in [-0.39, 0.29) is 11.4 Å². The lowest BCUT2D eigenvalue weighted by Crippen LogP contribution is -2.09. The quantitative estimate of drug-likeness (QED) is 0.658. The van der Waals surface area contributed by atoms with E-state index in [0.29, 0.717) is 12.1 Å². The van der Waals surface area contributed by atoms with E-state index in [9.17, 15) is 28.1 Å². The van der Waals surface area contributed by atoms with Crippen molar-refractivity contribution in [3.8, 4) is 5.69 Å². The van der Waals surface area contributed by atoms with Crippen LogP contribution in [-0.4, -0.2) is 14.7 Å². The van der Waals surface area contributed by atoms with Crippen LogP contribution < -0.4 is 5.56 Å². The predicted octanol–water partition coefficient (Wildman–Crippen LogP) is 3.71. The Balaban J connectivity index is 2.73. The van der Waals surface area contributed by atoms with Crippen LogP contribution >= 0.6 is 23.2 Å². The van der Waals surface area contributed by atoms with E-state index in [2.05, 4.69) is 5.10 Å². The largest absolute Gasteiger partial charge is 0.416 e. The lowest BCUT2D eigenvalue weighted by Gasteiger charge is -2.13. The molecule has 6 nitrogen and oxygen atoms in total. The molecule has 11 heteroatoms. The molecule has 0 radical (unpaired) electrons. The summed E-state index contributed by atoms with van der Waals surface area (Å²) in [4.78, 5) is 21.4. The van der Waals surface area contributed by atoms with Gasteiger partial charge in [0.15, 0.2) is 0 Å². The molecule has 1 aromatic carbocycles. The number of alkyl halides is 3. The van der Waals surface area contributed by atoms with Gasteiger partial charge in [-0.3, -0.25) is 20.0 Å². The lowest BCUT2D eigenvalue weighted by atomic mass is 10.2. The van der Waals surface area contributed by atoms with Crippen molar-refractivity contribution in [1.29, 1.82) is 0 Å². The van der Waals surface area contributed by atoms with Gasteiger partial charge < -0.3 is 0 Å². The molecule has 2 aromatic rings. The minimum Gasteiger partial charge on any atom is -0.260 e. The number of benzene rings is 1. The second kappa shape index (κ2) is 5.33. The van der Waals surface area contributed by atoms with Crippen LogP contribution in [-0.2, 0) is 6.18 Å². The first-order valence-corrected chi connectivity index (χ1v) is 6.32. The number of aromatic amines is 1. The van der Waals surface area contributed by atoms with Gasteiger partial charge >= 0.3 is 17.4 Å². The zero-order valence-electron chi connectivity index (χ0n) is 10.7. The third-order valence-electron chi connectivity index (χ3n) is 2.86. The molecule has 0 unspecified atom stereocenters. The van der Waals surface area contributed by atoms with Crippen LogP contribution in [0.5, 0.6) is 0 Å². The summed E-state index contributed by atoms with van der Waals surface area (Å²) in [5.41, 5.74) is -3.16. The summed E-state index contributed by atoms with van der Waals surface area (Å²) in [6.45, 7) is 1.24. The van der Waals surface area contributed by atoms with Gasteiger partial charge in [-0.1, -0.05) is 23.2 Å². The molecular formula is C11H6Cl2F3N3O3. The second-order valence-corrected chi connectivity index (χ2v) is 5.07. The van der Waals surface area contributed by atoms with Gasteiger partial charge in [-0.05, 0) is 19.1 Å². The molecule has 0 saturated carbocycles. The molecule has 1 heterocycles. The van der Waals surface area contributed by atoms with Gasteiger partial charge in [-0.2, -0.15) is 13.2 Å². The molecule has 0 spiro atoms. The number of hydrogen-bond acceptors (Lipinski definition) is 3. The fraction of sp³-hybridized carbons (Fsp3) is 0.182. The van der Waals surface area contributed by atoms with Crippen molar-refractivity contribution in [2.45, 2.75) is 13.1 Å². The molecular weight excluding hydrogens is 350 g/mol. The third-order valence-corrected chi connectivity index (χ3v) is 3.43. The lowest BCUT2D eigenvalue weighted by molar-refractivity contribution is -0.386. The van der Waals surface area contributed by atoms with Crippen molar-refractivity contribution in [3.63, 3.8) is 0 Å². The number of rotatable bonds is 2. The zero-order chi connectivity index (χ0) is 16.8. The normalized spacial score (nSPS) is 11.7. The van der Waals surface area contributed by atoms with E-state index in [1.54, 1.807) is 0 Å². The van der Waals surface area contributed by atoms with E-state index in [0.717, 1.165) is 4.68 Å². The Labute approximate surface area is 130 Å². The molecule has 0 fully saturated rings. The Morgan fingerprint density at radius 1 is 1.27 bits per heavy atom. The summed E-state index contributed by atoms with van der Waals surface area (Å²) < 4.78 is 38.9. The van der Waals surface area contributed by atoms with Gasteiger partial charge in [0.1, 0.15) is 11.4 Å². The standard InChI is InChI=1S/C11H6Cl2F3N3O3/c1-4-8(19(21)22)10(20)17-18(4)9-6(12)2-5(3-7(9)13)11(14,15)16/h2-3H,1H3,(H,17,20). The molecule has 118 valence electrons. The molecule has 2 rings (SSSR count). The minimum atomic E-state index is -4.66. The smallest absolute Gasteiger partial charge is 0.260 e. The minimum absolute atomic E-state index is 0.140. The number of hydrogen-bond donors (Lipinski definition) is 1. The number of nitro groups is 1. The summed E-state index contributed by atoms with van der Waals surface area (Å²) in [5, 5.41) is 12.1. The van der Waals surface area contributed by atoms with E-state index in [1.807, 2.05) is 0 Å². The Hall–Kier alpha value is -2.00. The number of halogens is 5. The molecule has 0 atom stereocenters. The van der Waals surface area contributed by atoms with Gasteiger partial charge in [0.25, 0.3) is 0 Å². The highest BCUT2D eigenvalue weighted by Crippen LogP contribution is 2.37. The van der Waals surface area contributed by atoms with Crippen LogP contribution in [0.25, 0.3) is 5.69 Å². The van der Waals surface area contributed by atoms with Crippen molar-refractivity contribution in [2.24, 2.45) is 0 Å². The van der Waals surface area contributed by atoms with Crippen molar-refractivity contribution in [1.82, 2.24) is 9.78 Å². The van der Waals surface area contributed by atoms with Gasteiger partial charge in [-0.25, -0.2) is 4.68 Å². The Morgan fingerprint density at radius 2 is 1.77 bits per heavy atom. The first kappa shape index (κ1) is 16.4. The number of nitrogens with zero attached hydrogens (tertiary/aromatic N) is 2. The van der Waals surface area contributed by atoms with E-state index >= 15 is 0 Å². The molecule has 0 bridgehead atoms. The van der Waals surface area contributed by atoms with Crippen LogP contribution in [0.2, 0.25) is 10.0 Å². The number of aromatic nitrogens is 2. The molecule has 22 heavy (non-hydrogen) atoms. The summed E-state index contributed by atoms with van der Waals surface area (Å²) in [6, 6.07) is 1.23. The van der Waals surface area contributed by atoms with Gasteiger partial charge in [0, 0.05) is 0 Å². The fourth-order valence-electron chi connectivity index (χ4n) is 1.89. The van der Waals surface area contributed by atoms with E-state index in [1.165, 1.54) is 6.92 Å². The van der Waals surface area contributed by atoms with Gasteiger partial charge in [0.05, 0.1) is 20.5 Å². The van der Waals surface area contributed by atoms with E-state index in [4.69, 9.17) is 23.2 Å². The molecule has 0 aliphatic heterocycles. The average molecular weight is 356 g/mol. The average Bonchev–Trinajstić information content (AvgIpc) is 2.62. The van der Waals surface area contributed by atoms with Crippen molar-refractivity contribution in [3.05, 3.63) is 53.9 Å². The first-order valence-electron chi connectivity index (χ1n) is 5.56. The van der Waals surface area contributed by atoms with Crippen molar-refractivity contribution >= 4 is 28.9 Å². The Kier molecular flexibility index (Phi) is 3.96. The van der Waals surface area contributed by atoms with Crippen LogP contribution in [0.1, 0.15) is 11.3 Å². The number of H-pyrrole nitrogens is 1. The summed E-state index contributed by atoms with van der Waals surface area (Å²) in [7, 11) is 0. The van der Waals surface area contributed by atoms with Crippen LogP contribution in [0.4, 0.5) is 18.9 Å². The highest BCUT2D eigenvalue weighted by atomic mass is 35.5. The molecule has 1 aromatic heterocycles. The van der Waals surface area contributed by atoms with Crippen molar-refractivity contribution in [2.75, 3.05) is 0 Å². The monoisotopic (exact) mass is 355 g/mol. The summed E-state index contributed by atoms with van der Waals surface area (Å²) >= 11 is 11.6. The van der Waals surface area contributed by atoms with Gasteiger partial charge in [0.2, 0.25) is 0 Å². The first-order chi connectivity index (χ1) is 10.0. The summed E-state index contributed by atoms with van der Waals surface area (Å²) in [6.07, 6.45) is -4.66. The number of nitrogens with one attached hydrogen (secondary N) is 1. The van der Waals surface area contributed by atoms with Crippen LogP contribution in [0.15, 0.2) is 16.9 Å². The fourth-order valence-corrected chi connectivity index (χ4v) is 2.55. The van der Waals surface area contributed by atoms with E-state index < -0.39 is 38.0 Å². The summed E-state index contributed by atoms with van der Waals surface area (Å²) in [5.74, 6) is 0. The second-order valence-electron chi connectivity index (χ2n) is 4.25. The van der Waals surface area contributed by atoms with Gasteiger partial charge in [-0.15, -0.1) is 0 Å². The highest BCUT2D eigenvalue weighted by molar-refractivity contribution is 6.37. The maximum Gasteiger partial charge on any atom is 0.416 e. The third kappa shape index (κ3) is 2.69. The highest BCUT2D eigenvalue weighted by Gasteiger charge is 2.33. The molecule has 0 amide bonds. The molecule has 0 saturated heterocycles.